The van der Waals surface area contributed by atoms with E-state index in [-0.39, 0.29) is 17.1 Å². The molecule has 0 saturated heterocycles. The fourth-order valence-electron chi connectivity index (χ4n) is 1.74. The van der Waals surface area contributed by atoms with E-state index in [0.29, 0.717) is 18.1 Å². The van der Waals surface area contributed by atoms with Gasteiger partial charge < -0.3 is 9.47 Å². The summed E-state index contributed by atoms with van der Waals surface area (Å²) in [4.78, 5) is 11.7. The van der Waals surface area contributed by atoms with Gasteiger partial charge in [-0.05, 0) is 36.5 Å². The first-order valence-corrected chi connectivity index (χ1v) is 8.46. The Kier molecular flexibility index (Phi) is 4.67. The minimum atomic E-state index is -3.95. The summed E-state index contributed by atoms with van der Waals surface area (Å²) in [5.41, 5.74) is 0.575. The number of hydrogen-bond donors (Lipinski definition) is 0. The Morgan fingerprint density at radius 2 is 2.10 bits per heavy atom. The molecule has 0 heterocycles. The topological polar surface area (TPSA) is 69.7 Å². The highest BCUT2D eigenvalue weighted by Crippen LogP contribution is 2.29. The van der Waals surface area contributed by atoms with Crippen molar-refractivity contribution in [1.29, 1.82) is 0 Å². The molecule has 110 valence electrons. The molecule has 0 radical (unpaired) electrons. The lowest BCUT2D eigenvalue weighted by Crippen LogP contribution is -2.09. The third-order valence-electron chi connectivity index (χ3n) is 3.01. The number of halogens is 1. The Hall–Kier alpha value is -1.11. The average Bonchev–Trinajstić information content (AvgIpc) is 3.19. The monoisotopic (exact) mass is 318 g/mol. The molecule has 1 aliphatic rings. The number of carbonyl (C=O) groups excluding carboxylic acids is 1. The van der Waals surface area contributed by atoms with Gasteiger partial charge in [-0.3, -0.25) is 0 Å². The first kappa shape index (κ1) is 15.3. The molecule has 20 heavy (non-hydrogen) atoms. The summed E-state index contributed by atoms with van der Waals surface area (Å²) in [6.45, 7) is 0.473. The SMILES string of the molecule is COCc1ccc(C(=O)OCC2CC2)cc1S(=O)(=O)Cl. The first-order valence-electron chi connectivity index (χ1n) is 6.15. The fourth-order valence-corrected chi connectivity index (χ4v) is 2.88. The van der Waals surface area contributed by atoms with Crippen molar-refractivity contribution in [2.24, 2.45) is 5.92 Å². The molecule has 0 bridgehead atoms. The van der Waals surface area contributed by atoms with Gasteiger partial charge in [0.05, 0.1) is 23.7 Å². The number of ether oxygens (including phenoxy) is 2. The quantitative estimate of drug-likeness (QED) is 0.594. The van der Waals surface area contributed by atoms with Crippen molar-refractivity contribution >= 4 is 25.7 Å². The van der Waals surface area contributed by atoms with Gasteiger partial charge in [0, 0.05) is 17.8 Å². The molecule has 0 atom stereocenters. The summed E-state index contributed by atoms with van der Waals surface area (Å²) >= 11 is 0. The van der Waals surface area contributed by atoms with Gasteiger partial charge in [0.25, 0.3) is 9.05 Å². The zero-order valence-electron chi connectivity index (χ0n) is 11.0. The van der Waals surface area contributed by atoms with E-state index in [1.54, 1.807) is 0 Å². The highest BCUT2D eigenvalue weighted by atomic mass is 35.7. The van der Waals surface area contributed by atoms with Gasteiger partial charge >= 0.3 is 5.97 Å². The maximum Gasteiger partial charge on any atom is 0.338 e. The van der Waals surface area contributed by atoms with Gasteiger partial charge in [0.1, 0.15) is 0 Å². The van der Waals surface area contributed by atoms with E-state index in [4.69, 9.17) is 20.2 Å². The second-order valence-corrected chi connectivity index (χ2v) is 7.27. The smallest absolute Gasteiger partial charge is 0.338 e. The number of carbonyl (C=O) groups is 1. The maximum absolute atomic E-state index is 11.8. The molecule has 2 rings (SSSR count). The second-order valence-electron chi connectivity index (χ2n) is 4.74. The zero-order valence-corrected chi connectivity index (χ0v) is 12.5. The first-order chi connectivity index (χ1) is 9.41. The highest BCUT2D eigenvalue weighted by Gasteiger charge is 2.24. The summed E-state index contributed by atoms with van der Waals surface area (Å²) in [5, 5.41) is 0. The van der Waals surface area contributed by atoms with Crippen molar-refractivity contribution in [2.75, 3.05) is 13.7 Å². The molecule has 0 amide bonds. The van der Waals surface area contributed by atoms with Crippen LogP contribution in [-0.4, -0.2) is 28.1 Å². The molecular formula is C13H15ClO5S. The third-order valence-corrected chi connectivity index (χ3v) is 4.42. The molecule has 7 heteroatoms. The van der Waals surface area contributed by atoms with E-state index in [1.165, 1.54) is 25.3 Å². The Labute approximate surface area is 122 Å². The molecule has 0 spiro atoms. The number of rotatable bonds is 6. The van der Waals surface area contributed by atoms with Crippen molar-refractivity contribution in [3.63, 3.8) is 0 Å². The minimum Gasteiger partial charge on any atom is -0.462 e. The largest absolute Gasteiger partial charge is 0.462 e. The van der Waals surface area contributed by atoms with Crippen LogP contribution in [0.2, 0.25) is 0 Å². The molecule has 1 aromatic carbocycles. The van der Waals surface area contributed by atoms with Crippen LogP contribution in [0, 0.1) is 5.92 Å². The summed E-state index contributed by atoms with van der Waals surface area (Å²) in [6.07, 6.45) is 2.14. The Bertz CT molecular complexity index is 607. The Balaban J connectivity index is 2.23. The van der Waals surface area contributed by atoms with E-state index < -0.39 is 15.0 Å². The zero-order chi connectivity index (χ0) is 14.8. The van der Waals surface area contributed by atoms with Gasteiger partial charge in [-0.25, -0.2) is 13.2 Å². The van der Waals surface area contributed by atoms with Gasteiger partial charge in [-0.2, -0.15) is 0 Å². The van der Waals surface area contributed by atoms with Gasteiger partial charge in [0.15, 0.2) is 0 Å². The van der Waals surface area contributed by atoms with Crippen LogP contribution in [0.3, 0.4) is 0 Å². The summed E-state index contributed by atoms with van der Waals surface area (Å²) in [5.74, 6) is -0.0922. The maximum atomic E-state index is 11.8. The van der Waals surface area contributed by atoms with Gasteiger partial charge in [-0.1, -0.05) is 6.07 Å². The molecular weight excluding hydrogens is 304 g/mol. The summed E-state index contributed by atoms with van der Waals surface area (Å²) < 4.78 is 33.1. The third kappa shape index (κ3) is 3.94. The molecule has 5 nitrogen and oxygen atoms in total. The van der Waals surface area contributed by atoms with Crippen LogP contribution in [0.1, 0.15) is 28.8 Å². The molecule has 0 aromatic heterocycles. The highest BCUT2D eigenvalue weighted by molar-refractivity contribution is 8.13. The number of methoxy groups -OCH3 is 1. The summed E-state index contributed by atoms with van der Waals surface area (Å²) in [7, 11) is 2.88. The number of benzene rings is 1. The molecule has 0 unspecified atom stereocenters. The van der Waals surface area contributed by atoms with Crippen molar-refractivity contribution in [1.82, 2.24) is 0 Å². The summed E-state index contributed by atoms with van der Waals surface area (Å²) in [6, 6.07) is 4.24. The second kappa shape index (κ2) is 6.11. The standard InChI is InChI=1S/C13H15ClO5S/c1-18-8-11-5-4-10(6-12(11)20(14,16)17)13(15)19-7-9-2-3-9/h4-6,9H,2-3,7-8H2,1H3. The van der Waals surface area contributed by atoms with E-state index in [9.17, 15) is 13.2 Å². The molecule has 1 aromatic rings. The van der Waals surface area contributed by atoms with Gasteiger partial charge in [0.2, 0.25) is 0 Å². The van der Waals surface area contributed by atoms with Crippen LogP contribution >= 0.6 is 10.7 Å². The van der Waals surface area contributed by atoms with Crippen LogP contribution in [0.15, 0.2) is 23.1 Å². The Morgan fingerprint density at radius 3 is 2.65 bits per heavy atom. The molecule has 0 aliphatic heterocycles. The molecule has 1 fully saturated rings. The van der Waals surface area contributed by atoms with Crippen LogP contribution in [-0.2, 0) is 25.1 Å². The normalized spacial score (nSPS) is 15.1. The lowest BCUT2D eigenvalue weighted by molar-refractivity contribution is 0.0485. The van der Waals surface area contributed by atoms with Gasteiger partial charge in [-0.15, -0.1) is 0 Å². The van der Waals surface area contributed by atoms with Crippen LogP contribution in [0.4, 0.5) is 0 Å². The van der Waals surface area contributed by atoms with Crippen molar-refractivity contribution in [2.45, 2.75) is 24.3 Å². The molecule has 0 N–H and O–H groups in total. The van der Waals surface area contributed by atoms with E-state index >= 15 is 0 Å². The predicted molar refractivity (Wildman–Crippen MR) is 73.2 cm³/mol. The van der Waals surface area contributed by atoms with E-state index in [2.05, 4.69) is 0 Å². The van der Waals surface area contributed by atoms with Crippen LogP contribution in [0.25, 0.3) is 0 Å². The number of esters is 1. The fraction of sp³-hybridized carbons (Fsp3) is 0.462. The van der Waals surface area contributed by atoms with Crippen LogP contribution in [0.5, 0.6) is 0 Å². The van der Waals surface area contributed by atoms with Crippen molar-refractivity contribution in [3.8, 4) is 0 Å². The molecule has 1 aliphatic carbocycles. The van der Waals surface area contributed by atoms with E-state index in [1.807, 2.05) is 0 Å². The van der Waals surface area contributed by atoms with Crippen molar-refractivity contribution in [3.05, 3.63) is 29.3 Å². The van der Waals surface area contributed by atoms with E-state index in [0.717, 1.165) is 12.8 Å². The average molecular weight is 319 g/mol. The minimum absolute atomic E-state index is 0.0959. The number of hydrogen-bond acceptors (Lipinski definition) is 5. The lowest BCUT2D eigenvalue weighted by atomic mass is 10.1. The molecule has 1 saturated carbocycles. The Morgan fingerprint density at radius 1 is 1.40 bits per heavy atom. The van der Waals surface area contributed by atoms with Crippen LogP contribution < -0.4 is 0 Å². The van der Waals surface area contributed by atoms with Crippen molar-refractivity contribution < 1.29 is 22.7 Å². The predicted octanol–water partition coefficient (Wildman–Crippen LogP) is 2.33. The lowest BCUT2D eigenvalue weighted by Gasteiger charge is -2.09.